The van der Waals surface area contributed by atoms with Crippen LogP contribution in [0.4, 0.5) is 4.39 Å². The van der Waals surface area contributed by atoms with Crippen LogP contribution in [0, 0.1) is 12.7 Å². The van der Waals surface area contributed by atoms with Crippen molar-refractivity contribution in [3.8, 4) is 0 Å². The van der Waals surface area contributed by atoms with E-state index in [4.69, 9.17) is 4.74 Å². The number of ketones is 1. The summed E-state index contributed by atoms with van der Waals surface area (Å²) in [6.07, 6.45) is 2.14. The molecule has 2 aromatic carbocycles. The van der Waals surface area contributed by atoms with Crippen LogP contribution in [0.25, 0.3) is 0 Å². The zero-order valence-corrected chi connectivity index (χ0v) is 20.4. The van der Waals surface area contributed by atoms with Gasteiger partial charge in [0.2, 0.25) is 5.91 Å². The Kier molecular flexibility index (Phi) is 9.69. The third kappa shape index (κ3) is 8.56. The highest BCUT2D eigenvalue weighted by Crippen LogP contribution is 2.23. The van der Waals surface area contributed by atoms with Gasteiger partial charge in [0, 0.05) is 23.7 Å². The third-order valence-electron chi connectivity index (χ3n) is 5.00. The molecule has 0 spiro atoms. The van der Waals surface area contributed by atoms with E-state index in [0.29, 0.717) is 13.1 Å². The van der Waals surface area contributed by atoms with Crippen LogP contribution in [-0.4, -0.2) is 47.8 Å². The Morgan fingerprint density at radius 2 is 1.76 bits per heavy atom. The molecule has 0 saturated heterocycles. The van der Waals surface area contributed by atoms with Gasteiger partial charge in [-0.25, -0.2) is 9.18 Å². The minimum Gasteiger partial charge on any atom is -0.461 e. The van der Waals surface area contributed by atoms with Crippen LogP contribution in [0.5, 0.6) is 0 Å². The van der Waals surface area contributed by atoms with E-state index < -0.39 is 29.2 Å². The van der Waals surface area contributed by atoms with E-state index >= 15 is 0 Å². The van der Waals surface area contributed by atoms with Gasteiger partial charge in [0.05, 0.1) is 0 Å². The quantitative estimate of drug-likeness (QED) is 0.318. The second-order valence-electron chi connectivity index (χ2n) is 9.06. The highest BCUT2D eigenvalue weighted by Gasteiger charge is 2.29. The van der Waals surface area contributed by atoms with Gasteiger partial charge in [0.15, 0.2) is 5.78 Å². The van der Waals surface area contributed by atoms with Crippen LogP contribution in [0.2, 0.25) is 0 Å². The Bertz CT molecular complexity index is 1030. The van der Waals surface area contributed by atoms with E-state index in [-0.39, 0.29) is 18.1 Å². The van der Waals surface area contributed by atoms with Crippen LogP contribution < -0.4 is 5.32 Å². The predicted octanol–water partition coefficient (Wildman–Crippen LogP) is 4.39. The molecule has 182 valence electrons. The molecule has 0 saturated carbocycles. The van der Waals surface area contributed by atoms with Crippen molar-refractivity contribution in [3.63, 3.8) is 0 Å². The van der Waals surface area contributed by atoms with Gasteiger partial charge in [-0.05, 0) is 70.1 Å². The zero-order valence-electron chi connectivity index (χ0n) is 20.4. The highest BCUT2D eigenvalue weighted by atomic mass is 19.1. The van der Waals surface area contributed by atoms with E-state index in [1.54, 1.807) is 0 Å². The van der Waals surface area contributed by atoms with Crippen molar-refractivity contribution >= 4 is 17.7 Å². The van der Waals surface area contributed by atoms with Crippen LogP contribution >= 0.6 is 0 Å². The molecule has 2 aromatic rings. The molecule has 0 aliphatic heterocycles. The fourth-order valence-corrected chi connectivity index (χ4v) is 3.44. The molecule has 1 amide bonds. The van der Waals surface area contributed by atoms with Crippen molar-refractivity contribution in [2.24, 2.45) is 0 Å². The van der Waals surface area contributed by atoms with Gasteiger partial charge in [0.25, 0.3) is 0 Å². The second kappa shape index (κ2) is 12.2. The number of likely N-dealkylation sites (N-methyl/N-ethyl adjacent to an activating group) is 1. The SMILES string of the molecule is CCN(CCOC(=O)/C=C/C(=O)c1ccc(F)cc1)C(C(=O)NC(C)(C)C)c1cccc(C)c1. The van der Waals surface area contributed by atoms with E-state index in [0.717, 1.165) is 23.3 Å². The topological polar surface area (TPSA) is 75.7 Å². The molecule has 0 fully saturated rings. The molecule has 0 aliphatic carbocycles. The summed E-state index contributed by atoms with van der Waals surface area (Å²) < 4.78 is 18.2. The minimum absolute atomic E-state index is 0.0485. The summed E-state index contributed by atoms with van der Waals surface area (Å²) in [6, 6.07) is 12.3. The number of hydrogen-bond donors (Lipinski definition) is 1. The van der Waals surface area contributed by atoms with E-state index in [2.05, 4.69) is 5.32 Å². The fraction of sp³-hybridized carbons (Fsp3) is 0.370. The molecule has 1 unspecified atom stereocenters. The van der Waals surface area contributed by atoms with E-state index in [9.17, 15) is 18.8 Å². The summed E-state index contributed by atoms with van der Waals surface area (Å²) in [4.78, 5) is 39.3. The first-order valence-electron chi connectivity index (χ1n) is 11.3. The molecule has 0 radical (unpaired) electrons. The lowest BCUT2D eigenvalue weighted by Crippen LogP contribution is -2.48. The molecule has 0 aromatic heterocycles. The second-order valence-corrected chi connectivity index (χ2v) is 9.06. The number of amides is 1. The molecule has 0 aliphatic rings. The molecule has 0 bridgehead atoms. The number of carbonyl (C=O) groups excluding carboxylic acids is 3. The monoisotopic (exact) mass is 468 g/mol. The first-order valence-corrected chi connectivity index (χ1v) is 11.3. The maximum Gasteiger partial charge on any atom is 0.330 e. The first kappa shape index (κ1) is 26.9. The maximum absolute atomic E-state index is 13.2. The third-order valence-corrected chi connectivity index (χ3v) is 5.00. The smallest absolute Gasteiger partial charge is 0.330 e. The average molecular weight is 469 g/mol. The Hall–Kier alpha value is -3.32. The average Bonchev–Trinajstić information content (AvgIpc) is 2.76. The highest BCUT2D eigenvalue weighted by molar-refractivity contribution is 6.06. The summed E-state index contributed by atoms with van der Waals surface area (Å²) in [6.45, 7) is 10.6. The molecule has 7 heteroatoms. The molecular weight excluding hydrogens is 435 g/mol. The van der Waals surface area contributed by atoms with E-state index in [1.165, 1.54) is 24.3 Å². The molecule has 1 N–H and O–H groups in total. The maximum atomic E-state index is 13.2. The van der Waals surface area contributed by atoms with Gasteiger partial charge in [-0.3, -0.25) is 14.5 Å². The first-order chi connectivity index (χ1) is 16.0. The molecule has 2 rings (SSSR count). The standard InChI is InChI=1S/C27H33FN2O4/c1-6-30(25(26(33)29-27(3,4)5)21-9-7-8-19(2)18-21)16-17-34-24(32)15-14-23(31)20-10-12-22(28)13-11-20/h7-15,18,25H,6,16-17H2,1-5H3,(H,29,33)/b15-14+. The summed E-state index contributed by atoms with van der Waals surface area (Å²) >= 11 is 0. The van der Waals surface area contributed by atoms with Crippen LogP contribution in [0.3, 0.4) is 0 Å². The predicted molar refractivity (Wildman–Crippen MR) is 130 cm³/mol. The van der Waals surface area contributed by atoms with Gasteiger partial charge in [-0.1, -0.05) is 36.8 Å². The summed E-state index contributed by atoms with van der Waals surface area (Å²) in [5.74, 6) is -1.67. The largest absolute Gasteiger partial charge is 0.461 e. The van der Waals surface area contributed by atoms with Gasteiger partial charge in [0.1, 0.15) is 18.5 Å². The van der Waals surface area contributed by atoms with Gasteiger partial charge in [-0.2, -0.15) is 0 Å². The van der Waals surface area contributed by atoms with Crippen LogP contribution in [0.1, 0.15) is 55.2 Å². The van der Waals surface area contributed by atoms with Crippen molar-refractivity contribution < 1.29 is 23.5 Å². The number of nitrogens with zero attached hydrogens (tertiary/aromatic N) is 1. The van der Waals surface area contributed by atoms with Crippen LogP contribution in [-0.2, 0) is 14.3 Å². The number of ether oxygens (including phenoxy) is 1. The molecule has 1 atom stereocenters. The summed E-state index contributed by atoms with van der Waals surface area (Å²) in [7, 11) is 0. The molecule has 34 heavy (non-hydrogen) atoms. The normalized spacial score (nSPS) is 12.6. The van der Waals surface area contributed by atoms with Crippen molar-refractivity contribution in [1.82, 2.24) is 10.2 Å². The van der Waals surface area contributed by atoms with Crippen molar-refractivity contribution in [1.29, 1.82) is 0 Å². The lowest BCUT2D eigenvalue weighted by molar-refractivity contribution is -0.138. The van der Waals surface area contributed by atoms with Crippen molar-refractivity contribution in [3.05, 3.63) is 83.2 Å². The Morgan fingerprint density at radius 3 is 2.35 bits per heavy atom. The number of nitrogens with one attached hydrogen (secondary N) is 1. The molecular formula is C27H33FN2O4. The van der Waals surface area contributed by atoms with E-state index in [1.807, 2.05) is 63.8 Å². The zero-order chi connectivity index (χ0) is 25.3. The summed E-state index contributed by atoms with van der Waals surface area (Å²) in [5, 5.41) is 3.04. The summed E-state index contributed by atoms with van der Waals surface area (Å²) in [5.41, 5.74) is 1.78. The number of esters is 1. The fourth-order valence-electron chi connectivity index (χ4n) is 3.44. The Labute approximate surface area is 200 Å². The van der Waals surface area contributed by atoms with Gasteiger partial charge < -0.3 is 10.1 Å². The lowest BCUT2D eigenvalue weighted by atomic mass is 10.00. The number of allylic oxidation sites excluding steroid dienone is 1. The van der Waals surface area contributed by atoms with Gasteiger partial charge >= 0.3 is 5.97 Å². The number of aryl methyl sites for hydroxylation is 1. The van der Waals surface area contributed by atoms with Crippen LogP contribution in [0.15, 0.2) is 60.7 Å². The number of rotatable bonds is 10. The van der Waals surface area contributed by atoms with Gasteiger partial charge in [-0.15, -0.1) is 0 Å². The molecule has 6 nitrogen and oxygen atoms in total. The minimum atomic E-state index is -0.669. The number of benzene rings is 2. The Balaban J connectivity index is 2.03. The van der Waals surface area contributed by atoms with Crippen molar-refractivity contribution in [2.45, 2.75) is 46.2 Å². The molecule has 0 heterocycles. The van der Waals surface area contributed by atoms with Crippen molar-refractivity contribution in [2.75, 3.05) is 19.7 Å². The number of hydrogen-bond acceptors (Lipinski definition) is 5. The lowest BCUT2D eigenvalue weighted by Gasteiger charge is -2.32. The number of halogens is 1. The Morgan fingerprint density at radius 1 is 1.09 bits per heavy atom. The number of carbonyl (C=O) groups is 3.